The molecule has 1 N–H and O–H groups in total. The fourth-order valence-corrected chi connectivity index (χ4v) is 2.72. The zero-order chi connectivity index (χ0) is 14.1. The molecule has 1 aliphatic carbocycles. The first-order valence-corrected chi connectivity index (χ1v) is 7.14. The maximum atomic E-state index is 12.4. The van der Waals surface area contributed by atoms with Gasteiger partial charge in [-0.1, -0.05) is 0 Å². The van der Waals surface area contributed by atoms with E-state index in [0.717, 1.165) is 12.4 Å². The van der Waals surface area contributed by atoms with Gasteiger partial charge in [-0.25, -0.2) is 4.98 Å². The topological polar surface area (TPSA) is 69.3 Å². The molecule has 1 saturated heterocycles. The number of aromatic amines is 1. The van der Waals surface area contributed by atoms with Crippen LogP contribution >= 0.6 is 0 Å². The van der Waals surface area contributed by atoms with E-state index in [4.69, 9.17) is 0 Å². The molecule has 20 heavy (non-hydrogen) atoms. The molecule has 0 aromatic carbocycles. The van der Waals surface area contributed by atoms with E-state index >= 15 is 0 Å². The van der Waals surface area contributed by atoms with Crippen LogP contribution in [0.1, 0.15) is 25.1 Å². The maximum Gasteiger partial charge on any atom is 0.228 e. The van der Waals surface area contributed by atoms with Crippen molar-refractivity contribution < 1.29 is 9.59 Å². The van der Waals surface area contributed by atoms with Gasteiger partial charge in [0.15, 0.2) is 0 Å². The molecule has 1 saturated carbocycles. The number of nitrogens with zero attached hydrogens (tertiary/aromatic N) is 3. The number of hydrogen-bond acceptors (Lipinski definition) is 3. The van der Waals surface area contributed by atoms with E-state index in [9.17, 15) is 9.59 Å². The van der Waals surface area contributed by atoms with Gasteiger partial charge in [0.05, 0.1) is 12.5 Å². The SMILES string of the molecule is CN(Cc1ncc[nH]1)C(=O)C1CC(=O)N(CC2CC2)C1. The minimum atomic E-state index is -0.193. The van der Waals surface area contributed by atoms with Crippen LogP contribution in [0.5, 0.6) is 0 Å². The molecule has 2 heterocycles. The summed E-state index contributed by atoms with van der Waals surface area (Å²) in [6.45, 7) is 1.88. The smallest absolute Gasteiger partial charge is 0.228 e. The van der Waals surface area contributed by atoms with Crippen molar-refractivity contribution in [1.29, 1.82) is 0 Å². The van der Waals surface area contributed by atoms with Crippen molar-refractivity contribution in [1.82, 2.24) is 19.8 Å². The van der Waals surface area contributed by atoms with E-state index < -0.39 is 0 Å². The number of imidazole rings is 1. The predicted octanol–water partition coefficient (Wildman–Crippen LogP) is 0.627. The molecule has 6 heteroatoms. The Bertz CT molecular complexity index is 495. The van der Waals surface area contributed by atoms with E-state index in [-0.39, 0.29) is 17.7 Å². The largest absolute Gasteiger partial charge is 0.347 e. The zero-order valence-corrected chi connectivity index (χ0v) is 11.7. The molecule has 1 atom stereocenters. The van der Waals surface area contributed by atoms with Crippen LogP contribution in [0.2, 0.25) is 0 Å². The van der Waals surface area contributed by atoms with Gasteiger partial charge in [0, 0.05) is 39.0 Å². The molecule has 108 valence electrons. The summed E-state index contributed by atoms with van der Waals surface area (Å²) in [6, 6.07) is 0. The summed E-state index contributed by atoms with van der Waals surface area (Å²) in [6.07, 6.45) is 6.21. The highest BCUT2D eigenvalue weighted by molar-refractivity contribution is 5.89. The molecule has 1 aromatic heterocycles. The van der Waals surface area contributed by atoms with E-state index in [1.807, 2.05) is 4.90 Å². The average molecular weight is 276 g/mol. The third-order valence-electron chi connectivity index (χ3n) is 4.06. The zero-order valence-electron chi connectivity index (χ0n) is 11.7. The number of nitrogens with one attached hydrogen (secondary N) is 1. The molecular formula is C14H20N4O2. The third-order valence-corrected chi connectivity index (χ3v) is 4.06. The first-order valence-electron chi connectivity index (χ1n) is 7.14. The van der Waals surface area contributed by atoms with Gasteiger partial charge in [0.2, 0.25) is 11.8 Å². The third kappa shape index (κ3) is 2.84. The highest BCUT2D eigenvalue weighted by Gasteiger charge is 2.38. The summed E-state index contributed by atoms with van der Waals surface area (Å²) in [4.78, 5) is 34.9. The summed E-state index contributed by atoms with van der Waals surface area (Å²) >= 11 is 0. The molecule has 2 amide bonds. The Morgan fingerprint density at radius 1 is 1.55 bits per heavy atom. The number of H-pyrrole nitrogens is 1. The highest BCUT2D eigenvalue weighted by Crippen LogP contribution is 2.32. The maximum absolute atomic E-state index is 12.4. The van der Waals surface area contributed by atoms with Crippen LogP contribution in [0.15, 0.2) is 12.4 Å². The molecule has 1 aliphatic heterocycles. The number of carbonyl (C=O) groups is 2. The Morgan fingerprint density at radius 3 is 3.00 bits per heavy atom. The summed E-state index contributed by atoms with van der Waals surface area (Å²) in [5, 5.41) is 0. The fourth-order valence-electron chi connectivity index (χ4n) is 2.72. The quantitative estimate of drug-likeness (QED) is 0.857. The average Bonchev–Trinajstić information content (AvgIpc) is 2.95. The lowest BCUT2D eigenvalue weighted by Crippen LogP contribution is -2.35. The number of rotatable bonds is 5. The second-order valence-electron chi connectivity index (χ2n) is 5.87. The molecule has 2 aliphatic rings. The lowest BCUT2D eigenvalue weighted by molar-refractivity contribution is -0.135. The van der Waals surface area contributed by atoms with Crippen molar-refractivity contribution in [2.45, 2.75) is 25.8 Å². The van der Waals surface area contributed by atoms with Crippen LogP contribution in [0.3, 0.4) is 0 Å². The summed E-state index contributed by atoms with van der Waals surface area (Å²) in [5.41, 5.74) is 0. The predicted molar refractivity (Wildman–Crippen MR) is 72.5 cm³/mol. The van der Waals surface area contributed by atoms with Gasteiger partial charge >= 0.3 is 0 Å². The molecule has 2 fully saturated rings. The Balaban J connectivity index is 1.55. The number of likely N-dealkylation sites (tertiary alicyclic amines) is 1. The Hall–Kier alpha value is -1.85. The van der Waals surface area contributed by atoms with Gasteiger partial charge in [-0.2, -0.15) is 0 Å². The van der Waals surface area contributed by atoms with Gasteiger partial charge in [0.25, 0.3) is 0 Å². The lowest BCUT2D eigenvalue weighted by atomic mass is 10.1. The Labute approximate surface area is 118 Å². The molecule has 1 unspecified atom stereocenters. The normalized spacial score (nSPS) is 22.4. The number of carbonyl (C=O) groups excluding carboxylic acids is 2. The number of aromatic nitrogens is 2. The van der Waals surface area contributed by atoms with Crippen LogP contribution in [0.4, 0.5) is 0 Å². The lowest BCUT2D eigenvalue weighted by Gasteiger charge is -2.20. The van der Waals surface area contributed by atoms with Gasteiger partial charge in [-0.15, -0.1) is 0 Å². The van der Waals surface area contributed by atoms with Crippen LogP contribution in [0.25, 0.3) is 0 Å². The second-order valence-corrected chi connectivity index (χ2v) is 5.87. The number of hydrogen-bond donors (Lipinski definition) is 1. The Morgan fingerprint density at radius 2 is 2.35 bits per heavy atom. The van der Waals surface area contributed by atoms with Gasteiger partial charge in [-0.05, 0) is 18.8 Å². The van der Waals surface area contributed by atoms with E-state index in [1.165, 1.54) is 12.8 Å². The van der Waals surface area contributed by atoms with Gasteiger partial charge in [0.1, 0.15) is 5.82 Å². The van der Waals surface area contributed by atoms with E-state index in [1.54, 1.807) is 24.3 Å². The summed E-state index contributed by atoms with van der Waals surface area (Å²) < 4.78 is 0. The molecule has 0 bridgehead atoms. The van der Waals surface area contributed by atoms with Gasteiger partial charge in [-0.3, -0.25) is 9.59 Å². The Kier molecular flexibility index (Phi) is 3.46. The summed E-state index contributed by atoms with van der Waals surface area (Å²) in [7, 11) is 1.76. The second kappa shape index (κ2) is 5.26. The van der Waals surface area contributed by atoms with Crippen molar-refractivity contribution in [3.05, 3.63) is 18.2 Å². The summed E-state index contributed by atoms with van der Waals surface area (Å²) in [5.74, 6) is 1.41. The first kappa shape index (κ1) is 13.1. The van der Waals surface area contributed by atoms with Crippen LogP contribution in [-0.4, -0.2) is 51.7 Å². The number of amides is 2. The highest BCUT2D eigenvalue weighted by atomic mass is 16.2. The minimum absolute atomic E-state index is 0.0352. The van der Waals surface area contributed by atoms with E-state index in [2.05, 4.69) is 9.97 Å². The molecule has 3 rings (SSSR count). The molecule has 1 aromatic rings. The molecule has 6 nitrogen and oxygen atoms in total. The molecule has 0 spiro atoms. The standard InChI is InChI=1S/C14H20N4O2/c1-17(9-12-15-4-5-16-12)14(20)11-6-13(19)18(8-11)7-10-2-3-10/h4-5,10-11H,2-3,6-9H2,1H3,(H,15,16). The first-order chi connectivity index (χ1) is 9.63. The van der Waals surface area contributed by atoms with Crippen LogP contribution in [0, 0.1) is 11.8 Å². The van der Waals surface area contributed by atoms with Crippen molar-refractivity contribution in [2.75, 3.05) is 20.1 Å². The minimum Gasteiger partial charge on any atom is -0.347 e. The fraction of sp³-hybridized carbons (Fsp3) is 0.643. The van der Waals surface area contributed by atoms with Crippen molar-refractivity contribution in [3.8, 4) is 0 Å². The molecular weight excluding hydrogens is 256 g/mol. The van der Waals surface area contributed by atoms with Crippen molar-refractivity contribution in [3.63, 3.8) is 0 Å². The molecule has 0 radical (unpaired) electrons. The van der Waals surface area contributed by atoms with E-state index in [0.29, 0.717) is 25.4 Å². The van der Waals surface area contributed by atoms with Crippen molar-refractivity contribution >= 4 is 11.8 Å². The van der Waals surface area contributed by atoms with Crippen LogP contribution < -0.4 is 0 Å². The van der Waals surface area contributed by atoms with Crippen LogP contribution in [-0.2, 0) is 16.1 Å². The van der Waals surface area contributed by atoms with Crippen molar-refractivity contribution in [2.24, 2.45) is 11.8 Å². The van der Waals surface area contributed by atoms with Gasteiger partial charge < -0.3 is 14.8 Å². The monoisotopic (exact) mass is 276 g/mol.